The number of urea groups is 1. The number of rotatable bonds is 2. The molecule has 2 N–H and O–H groups in total. The first-order valence-electron chi connectivity index (χ1n) is 6.30. The number of fused-ring (bicyclic) bond motifs is 1. The van der Waals surface area contributed by atoms with Crippen LogP contribution in [0.4, 0.5) is 16.2 Å². The van der Waals surface area contributed by atoms with Gasteiger partial charge in [-0.2, -0.15) is 5.26 Å². The lowest BCUT2D eigenvalue weighted by Crippen LogP contribution is -2.19. The van der Waals surface area contributed by atoms with E-state index in [4.69, 9.17) is 9.68 Å². The molecule has 0 aliphatic rings. The quantitative estimate of drug-likeness (QED) is 0.744. The molecule has 21 heavy (non-hydrogen) atoms. The molecule has 1 aromatic heterocycles. The highest BCUT2D eigenvalue weighted by molar-refractivity contribution is 6.04. The van der Waals surface area contributed by atoms with Gasteiger partial charge in [0.15, 0.2) is 5.58 Å². The second-order valence-corrected chi connectivity index (χ2v) is 4.42. The van der Waals surface area contributed by atoms with E-state index in [1.165, 1.54) is 0 Å². The molecule has 0 spiro atoms. The number of benzene rings is 2. The van der Waals surface area contributed by atoms with Gasteiger partial charge in [-0.05, 0) is 30.3 Å². The van der Waals surface area contributed by atoms with Crippen LogP contribution in [-0.4, -0.2) is 6.03 Å². The molecule has 0 fully saturated rings. The molecule has 0 bridgehead atoms. The maximum absolute atomic E-state index is 12.0. The number of para-hydroxylation sites is 1. The van der Waals surface area contributed by atoms with E-state index >= 15 is 0 Å². The standard InChI is InChI=1S/C16H11N3O2/c17-10-11-3-1-5-13(9-11)18-16(20)19-14-6-2-4-12-7-8-21-15(12)14/h1-9H,(H2,18,19,20). The largest absolute Gasteiger partial charge is 0.462 e. The number of carbonyl (C=O) groups is 1. The summed E-state index contributed by atoms with van der Waals surface area (Å²) in [5, 5.41) is 15.2. The monoisotopic (exact) mass is 277 g/mol. The number of amides is 2. The lowest BCUT2D eigenvalue weighted by Gasteiger charge is -2.08. The zero-order valence-electron chi connectivity index (χ0n) is 11.0. The smallest absolute Gasteiger partial charge is 0.323 e. The van der Waals surface area contributed by atoms with Crippen LogP contribution >= 0.6 is 0 Å². The van der Waals surface area contributed by atoms with E-state index in [9.17, 15) is 4.79 Å². The Hall–Kier alpha value is -3.26. The van der Waals surface area contributed by atoms with E-state index in [2.05, 4.69) is 10.6 Å². The fraction of sp³-hybridized carbons (Fsp3) is 0. The van der Waals surface area contributed by atoms with E-state index in [1.54, 1.807) is 36.6 Å². The van der Waals surface area contributed by atoms with Crippen LogP contribution in [0.15, 0.2) is 59.2 Å². The van der Waals surface area contributed by atoms with Crippen LogP contribution < -0.4 is 10.6 Å². The Balaban J connectivity index is 1.77. The minimum Gasteiger partial charge on any atom is -0.462 e. The number of nitriles is 1. The first-order chi connectivity index (χ1) is 10.3. The molecule has 1 heterocycles. The van der Waals surface area contributed by atoms with Crippen molar-refractivity contribution < 1.29 is 9.21 Å². The topological polar surface area (TPSA) is 78.1 Å². The van der Waals surface area contributed by atoms with Crippen molar-refractivity contribution in [3.63, 3.8) is 0 Å². The maximum atomic E-state index is 12.0. The van der Waals surface area contributed by atoms with Crippen molar-refractivity contribution in [3.05, 3.63) is 60.4 Å². The molecule has 0 radical (unpaired) electrons. The number of carbonyl (C=O) groups excluding carboxylic acids is 1. The Morgan fingerprint density at radius 2 is 1.95 bits per heavy atom. The second-order valence-electron chi connectivity index (χ2n) is 4.42. The van der Waals surface area contributed by atoms with Crippen LogP contribution in [0.5, 0.6) is 0 Å². The van der Waals surface area contributed by atoms with Gasteiger partial charge in [-0.1, -0.05) is 18.2 Å². The van der Waals surface area contributed by atoms with Crippen molar-refractivity contribution in [1.29, 1.82) is 5.26 Å². The molecular weight excluding hydrogens is 266 g/mol. The third-order valence-corrected chi connectivity index (χ3v) is 2.98. The Bertz CT molecular complexity index is 846. The molecule has 3 rings (SSSR count). The predicted octanol–water partition coefficient (Wildman–Crippen LogP) is 3.95. The second kappa shape index (κ2) is 5.39. The predicted molar refractivity (Wildman–Crippen MR) is 80.0 cm³/mol. The van der Waals surface area contributed by atoms with E-state index < -0.39 is 6.03 Å². The SMILES string of the molecule is N#Cc1cccc(NC(=O)Nc2cccc3ccoc23)c1. The van der Waals surface area contributed by atoms with Crippen LogP contribution in [0.25, 0.3) is 11.0 Å². The minimum absolute atomic E-state index is 0.394. The summed E-state index contributed by atoms with van der Waals surface area (Å²) in [7, 11) is 0. The first kappa shape index (κ1) is 12.8. The molecule has 5 heteroatoms. The number of anilines is 2. The van der Waals surface area contributed by atoms with Crippen LogP contribution in [0.3, 0.4) is 0 Å². The zero-order chi connectivity index (χ0) is 14.7. The van der Waals surface area contributed by atoms with Crippen LogP contribution in [0.2, 0.25) is 0 Å². The third kappa shape index (κ3) is 2.69. The average molecular weight is 277 g/mol. The summed E-state index contributed by atoms with van der Waals surface area (Å²) in [6, 6.07) is 15.7. The summed E-state index contributed by atoms with van der Waals surface area (Å²) in [5.74, 6) is 0. The Morgan fingerprint density at radius 1 is 1.10 bits per heavy atom. The van der Waals surface area contributed by atoms with Gasteiger partial charge in [0.2, 0.25) is 0 Å². The first-order valence-corrected chi connectivity index (χ1v) is 6.30. The molecule has 3 aromatic rings. The number of nitrogens with zero attached hydrogens (tertiary/aromatic N) is 1. The van der Waals surface area contributed by atoms with Gasteiger partial charge < -0.3 is 15.1 Å². The number of hydrogen-bond donors (Lipinski definition) is 2. The fourth-order valence-electron chi connectivity index (χ4n) is 2.04. The zero-order valence-corrected chi connectivity index (χ0v) is 11.0. The normalized spacial score (nSPS) is 10.0. The van der Waals surface area contributed by atoms with Crippen molar-refractivity contribution in [2.24, 2.45) is 0 Å². The number of furan rings is 1. The third-order valence-electron chi connectivity index (χ3n) is 2.98. The molecule has 0 aliphatic heterocycles. The molecule has 102 valence electrons. The number of hydrogen-bond acceptors (Lipinski definition) is 3. The summed E-state index contributed by atoms with van der Waals surface area (Å²) < 4.78 is 5.35. The Labute approximate surface area is 120 Å². The fourth-order valence-corrected chi connectivity index (χ4v) is 2.04. The van der Waals surface area contributed by atoms with Gasteiger partial charge in [-0.15, -0.1) is 0 Å². The van der Waals surface area contributed by atoms with Crippen molar-refractivity contribution in [2.45, 2.75) is 0 Å². The molecule has 0 saturated carbocycles. The van der Waals surface area contributed by atoms with Crippen LogP contribution in [-0.2, 0) is 0 Å². The molecule has 5 nitrogen and oxygen atoms in total. The van der Waals surface area contributed by atoms with E-state index in [-0.39, 0.29) is 0 Å². The van der Waals surface area contributed by atoms with E-state index in [0.717, 1.165) is 5.39 Å². The van der Waals surface area contributed by atoms with Crippen molar-refractivity contribution in [3.8, 4) is 6.07 Å². The molecule has 2 aromatic carbocycles. The van der Waals surface area contributed by atoms with Gasteiger partial charge in [-0.3, -0.25) is 0 Å². The van der Waals surface area contributed by atoms with Crippen molar-refractivity contribution in [2.75, 3.05) is 10.6 Å². The summed E-state index contributed by atoms with van der Waals surface area (Å²) in [6.07, 6.45) is 1.57. The molecule has 0 aliphatic carbocycles. The Kier molecular flexibility index (Phi) is 3.27. The van der Waals surface area contributed by atoms with Crippen LogP contribution in [0.1, 0.15) is 5.56 Å². The summed E-state index contributed by atoms with van der Waals surface area (Å²) in [5.41, 5.74) is 2.25. The van der Waals surface area contributed by atoms with E-state index in [1.807, 2.05) is 24.3 Å². The summed E-state index contributed by atoms with van der Waals surface area (Å²) >= 11 is 0. The summed E-state index contributed by atoms with van der Waals surface area (Å²) in [4.78, 5) is 12.0. The lowest BCUT2D eigenvalue weighted by atomic mass is 10.2. The maximum Gasteiger partial charge on any atom is 0.323 e. The Morgan fingerprint density at radius 3 is 2.81 bits per heavy atom. The van der Waals surface area contributed by atoms with Crippen molar-refractivity contribution in [1.82, 2.24) is 0 Å². The molecule has 2 amide bonds. The minimum atomic E-state index is -0.394. The molecular formula is C16H11N3O2. The summed E-state index contributed by atoms with van der Waals surface area (Å²) in [6.45, 7) is 0. The van der Waals surface area contributed by atoms with Gasteiger partial charge in [0.25, 0.3) is 0 Å². The van der Waals surface area contributed by atoms with Gasteiger partial charge in [-0.25, -0.2) is 4.79 Å². The highest BCUT2D eigenvalue weighted by Gasteiger charge is 2.08. The van der Waals surface area contributed by atoms with Crippen LogP contribution in [0, 0.1) is 11.3 Å². The van der Waals surface area contributed by atoms with Gasteiger partial charge in [0.05, 0.1) is 23.6 Å². The van der Waals surface area contributed by atoms with Gasteiger partial charge in [0, 0.05) is 11.1 Å². The molecule has 0 atom stereocenters. The lowest BCUT2D eigenvalue weighted by molar-refractivity contribution is 0.262. The van der Waals surface area contributed by atoms with Gasteiger partial charge >= 0.3 is 6.03 Å². The molecule has 0 saturated heterocycles. The highest BCUT2D eigenvalue weighted by Crippen LogP contribution is 2.24. The number of nitrogens with one attached hydrogen (secondary N) is 2. The molecule has 0 unspecified atom stereocenters. The van der Waals surface area contributed by atoms with Gasteiger partial charge in [0.1, 0.15) is 0 Å². The van der Waals surface area contributed by atoms with Crippen molar-refractivity contribution >= 4 is 28.4 Å². The average Bonchev–Trinajstić information content (AvgIpc) is 2.97. The van der Waals surface area contributed by atoms with E-state index in [0.29, 0.717) is 22.5 Å². The highest BCUT2D eigenvalue weighted by atomic mass is 16.3.